The Hall–Kier alpha value is -1.88. The Morgan fingerprint density at radius 2 is 1.69 bits per heavy atom. The van der Waals surface area contributed by atoms with E-state index in [2.05, 4.69) is 5.32 Å². The molecule has 1 heterocycles. The zero-order chi connectivity index (χ0) is 18.2. The van der Waals surface area contributed by atoms with Gasteiger partial charge in [-0.3, -0.25) is 9.59 Å². The molecule has 26 heavy (non-hydrogen) atoms. The molecular formula is C21H30N2O3. The smallest absolute Gasteiger partial charge is 0.225 e. The first-order valence-corrected chi connectivity index (χ1v) is 9.92. The normalized spacial score (nSPS) is 18.8. The van der Waals surface area contributed by atoms with Crippen LogP contribution in [-0.2, 0) is 20.9 Å². The van der Waals surface area contributed by atoms with Crippen LogP contribution in [0, 0.1) is 11.8 Å². The number of carbonyl (C=O) groups is 2. The summed E-state index contributed by atoms with van der Waals surface area (Å²) in [6, 6.07) is 10.0. The zero-order valence-corrected chi connectivity index (χ0v) is 15.5. The van der Waals surface area contributed by atoms with Gasteiger partial charge in [0.15, 0.2) is 0 Å². The number of ether oxygens (including phenoxy) is 1. The van der Waals surface area contributed by atoms with E-state index in [0.717, 1.165) is 44.3 Å². The topological polar surface area (TPSA) is 58.6 Å². The molecule has 1 aliphatic carbocycles. The maximum absolute atomic E-state index is 12.4. The number of likely N-dealkylation sites (tertiary alicyclic amines) is 1. The highest BCUT2D eigenvalue weighted by molar-refractivity contribution is 5.81. The fourth-order valence-corrected chi connectivity index (χ4v) is 3.95. The minimum absolute atomic E-state index is 0.0248. The van der Waals surface area contributed by atoms with Crippen LogP contribution in [0.15, 0.2) is 30.3 Å². The average Bonchev–Trinajstić information content (AvgIpc) is 3.23. The second-order valence-corrected chi connectivity index (χ2v) is 7.41. The van der Waals surface area contributed by atoms with Gasteiger partial charge in [-0.25, -0.2) is 0 Å². The van der Waals surface area contributed by atoms with Crippen LogP contribution < -0.4 is 5.32 Å². The molecule has 1 aliphatic heterocycles. The molecule has 1 aromatic carbocycles. The number of nitrogens with zero attached hydrogens (tertiary/aromatic N) is 1. The summed E-state index contributed by atoms with van der Waals surface area (Å²) in [6.07, 6.45) is 6.00. The van der Waals surface area contributed by atoms with Crippen molar-refractivity contribution in [2.75, 3.05) is 26.2 Å². The van der Waals surface area contributed by atoms with Gasteiger partial charge in [0.1, 0.15) is 0 Å². The van der Waals surface area contributed by atoms with Crippen LogP contribution in [0.5, 0.6) is 0 Å². The molecule has 1 N–H and O–H groups in total. The molecule has 1 saturated heterocycles. The molecule has 0 radical (unpaired) electrons. The highest BCUT2D eigenvalue weighted by atomic mass is 16.5. The van der Waals surface area contributed by atoms with Crippen LogP contribution in [0.3, 0.4) is 0 Å². The molecule has 2 amide bonds. The molecule has 5 nitrogen and oxygen atoms in total. The standard InChI is InChI=1S/C21H30N2O3/c24-20(22-12-15-26-16-17-6-2-1-3-7-17)18-10-13-23(14-11-18)21(25)19-8-4-5-9-19/h1-3,6-7,18-19H,4-5,8-16H2,(H,22,24). The average molecular weight is 358 g/mol. The molecule has 3 rings (SSSR count). The van der Waals surface area contributed by atoms with E-state index in [9.17, 15) is 9.59 Å². The molecule has 0 unspecified atom stereocenters. The second kappa shape index (κ2) is 9.72. The van der Waals surface area contributed by atoms with Gasteiger partial charge >= 0.3 is 0 Å². The Kier molecular flexibility index (Phi) is 7.06. The number of benzene rings is 1. The summed E-state index contributed by atoms with van der Waals surface area (Å²) in [4.78, 5) is 26.7. The number of amides is 2. The maximum atomic E-state index is 12.4. The molecule has 0 spiro atoms. The lowest BCUT2D eigenvalue weighted by molar-refractivity contribution is -0.139. The van der Waals surface area contributed by atoms with E-state index in [0.29, 0.717) is 25.7 Å². The Labute approximate surface area is 156 Å². The second-order valence-electron chi connectivity index (χ2n) is 7.41. The molecule has 1 aromatic rings. The van der Waals surface area contributed by atoms with E-state index in [1.165, 1.54) is 12.8 Å². The Bertz CT molecular complexity index is 576. The number of rotatable bonds is 7. The summed E-state index contributed by atoms with van der Waals surface area (Å²) in [5, 5.41) is 2.97. The van der Waals surface area contributed by atoms with Gasteiger partial charge in [-0.2, -0.15) is 0 Å². The van der Waals surface area contributed by atoms with Crippen LogP contribution in [0.4, 0.5) is 0 Å². The lowest BCUT2D eigenvalue weighted by atomic mass is 9.94. The maximum Gasteiger partial charge on any atom is 0.225 e. The Balaban J connectivity index is 1.29. The lowest BCUT2D eigenvalue weighted by Crippen LogP contribution is -2.45. The zero-order valence-electron chi connectivity index (χ0n) is 15.5. The van der Waals surface area contributed by atoms with Crippen LogP contribution in [0.25, 0.3) is 0 Å². The molecule has 0 atom stereocenters. The van der Waals surface area contributed by atoms with E-state index < -0.39 is 0 Å². The first-order chi connectivity index (χ1) is 12.7. The predicted octanol–water partition coefficient (Wildman–Crippen LogP) is 2.75. The van der Waals surface area contributed by atoms with Crippen molar-refractivity contribution < 1.29 is 14.3 Å². The molecule has 2 aliphatic rings. The number of piperidine rings is 1. The van der Waals surface area contributed by atoms with Crippen molar-refractivity contribution in [2.24, 2.45) is 11.8 Å². The largest absolute Gasteiger partial charge is 0.375 e. The van der Waals surface area contributed by atoms with Gasteiger partial charge in [0.05, 0.1) is 13.2 Å². The van der Waals surface area contributed by atoms with Crippen molar-refractivity contribution in [1.82, 2.24) is 10.2 Å². The summed E-state index contributed by atoms with van der Waals surface area (Å²) in [7, 11) is 0. The van der Waals surface area contributed by atoms with Crippen molar-refractivity contribution in [1.29, 1.82) is 0 Å². The number of carbonyl (C=O) groups excluding carboxylic acids is 2. The molecule has 2 fully saturated rings. The number of hydrogen-bond donors (Lipinski definition) is 1. The van der Waals surface area contributed by atoms with Crippen LogP contribution in [-0.4, -0.2) is 43.0 Å². The number of hydrogen-bond acceptors (Lipinski definition) is 3. The highest BCUT2D eigenvalue weighted by Crippen LogP contribution is 2.28. The summed E-state index contributed by atoms with van der Waals surface area (Å²) in [6.45, 7) is 3.06. The third-order valence-corrected chi connectivity index (χ3v) is 5.54. The predicted molar refractivity (Wildman–Crippen MR) is 100 cm³/mol. The summed E-state index contributed by atoms with van der Waals surface area (Å²) in [5.74, 6) is 0.677. The first kappa shape index (κ1) is 18.9. The van der Waals surface area contributed by atoms with Crippen molar-refractivity contribution in [3.05, 3.63) is 35.9 Å². The Morgan fingerprint density at radius 1 is 1.00 bits per heavy atom. The van der Waals surface area contributed by atoms with Crippen molar-refractivity contribution in [3.8, 4) is 0 Å². The lowest BCUT2D eigenvalue weighted by Gasteiger charge is -2.33. The van der Waals surface area contributed by atoms with E-state index >= 15 is 0 Å². The fourth-order valence-electron chi connectivity index (χ4n) is 3.95. The van der Waals surface area contributed by atoms with Crippen LogP contribution in [0.1, 0.15) is 44.1 Å². The minimum Gasteiger partial charge on any atom is -0.375 e. The third-order valence-electron chi connectivity index (χ3n) is 5.54. The Morgan fingerprint density at radius 3 is 2.38 bits per heavy atom. The molecule has 1 saturated carbocycles. The van der Waals surface area contributed by atoms with Gasteiger partial charge in [-0.15, -0.1) is 0 Å². The van der Waals surface area contributed by atoms with E-state index in [1.807, 2.05) is 35.2 Å². The third kappa shape index (κ3) is 5.31. The quantitative estimate of drug-likeness (QED) is 0.763. The van der Waals surface area contributed by atoms with Crippen LogP contribution >= 0.6 is 0 Å². The molecule has 5 heteroatoms. The molecular weight excluding hydrogens is 328 g/mol. The van der Waals surface area contributed by atoms with Crippen molar-refractivity contribution in [2.45, 2.75) is 45.1 Å². The van der Waals surface area contributed by atoms with Gasteiger partial charge in [-0.05, 0) is 31.2 Å². The SMILES string of the molecule is O=C(NCCOCc1ccccc1)C1CCN(C(=O)C2CCCC2)CC1. The molecule has 0 bridgehead atoms. The van der Waals surface area contributed by atoms with E-state index in [-0.39, 0.29) is 17.7 Å². The van der Waals surface area contributed by atoms with Crippen molar-refractivity contribution >= 4 is 11.8 Å². The van der Waals surface area contributed by atoms with Gasteiger partial charge in [0.2, 0.25) is 11.8 Å². The van der Waals surface area contributed by atoms with Gasteiger partial charge in [0, 0.05) is 31.5 Å². The van der Waals surface area contributed by atoms with Gasteiger partial charge in [-0.1, -0.05) is 43.2 Å². The monoisotopic (exact) mass is 358 g/mol. The number of nitrogens with one attached hydrogen (secondary N) is 1. The van der Waals surface area contributed by atoms with Gasteiger partial charge < -0.3 is 15.0 Å². The van der Waals surface area contributed by atoms with Crippen LogP contribution in [0.2, 0.25) is 0 Å². The fraction of sp³-hybridized carbons (Fsp3) is 0.619. The first-order valence-electron chi connectivity index (χ1n) is 9.92. The molecule has 0 aromatic heterocycles. The van der Waals surface area contributed by atoms with E-state index in [1.54, 1.807) is 0 Å². The van der Waals surface area contributed by atoms with Crippen molar-refractivity contribution in [3.63, 3.8) is 0 Å². The highest BCUT2D eigenvalue weighted by Gasteiger charge is 2.31. The minimum atomic E-state index is 0.0248. The summed E-state index contributed by atoms with van der Waals surface area (Å²) < 4.78 is 5.60. The van der Waals surface area contributed by atoms with Gasteiger partial charge in [0.25, 0.3) is 0 Å². The summed E-state index contributed by atoms with van der Waals surface area (Å²) >= 11 is 0. The molecule has 142 valence electrons. The summed E-state index contributed by atoms with van der Waals surface area (Å²) in [5.41, 5.74) is 1.14. The van der Waals surface area contributed by atoms with E-state index in [4.69, 9.17) is 4.74 Å².